The van der Waals surface area contributed by atoms with Gasteiger partial charge in [-0.05, 0) is 24.3 Å². The predicted octanol–water partition coefficient (Wildman–Crippen LogP) is 2.38. The van der Waals surface area contributed by atoms with Crippen LogP contribution in [0.4, 0.5) is 18.9 Å². The topological polar surface area (TPSA) is 40.5 Å². The van der Waals surface area contributed by atoms with Crippen LogP contribution in [0.25, 0.3) is 0 Å². The predicted molar refractivity (Wildman–Crippen MR) is 52.7 cm³/mol. The van der Waals surface area contributed by atoms with E-state index in [1.54, 1.807) is 0 Å². The fourth-order valence-electron chi connectivity index (χ4n) is 1.22. The monoisotopic (exact) mass is 233 g/mol. The van der Waals surface area contributed by atoms with E-state index >= 15 is 0 Å². The van der Waals surface area contributed by atoms with Crippen LogP contribution in [0.5, 0.6) is 0 Å². The highest BCUT2D eigenvalue weighted by atomic mass is 19.4. The van der Waals surface area contributed by atoms with Crippen molar-refractivity contribution < 1.29 is 23.1 Å². The number of carbonyl (C=O) groups is 1. The third-order valence-corrected chi connectivity index (χ3v) is 1.97. The molecule has 1 N–H and O–H groups in total. The molecule has 0 heterocycles. The number of hydrogen-bond donors (Lipinski definition) is 1. The van der Waals surface area contributed by atoms with Crippen molar-refractivity contribution in [3.05, 3.63) is 29.8 Å². The average Bonchev–Trinajstić information content (AvgIpc) is 2.15. The van der Waals surface area contributed by atoms with Crippen molar-refractivity contribution in [3.63, 3.8) is 0 Å². The molecule has 1 aromatic rings. The van der Waals surface area contributed by atoms with Crippen molar-refractivity contribution in [3.8, 4) is 0 Å². The first kappa shape index (κ1) is 12.4. The molecule has 0 saturated heterocycles. The molecule has 1 rings (SSSR count). The standard InChI is InChI=1S/C10H10F3NO2/c1-14(6-10(11,12)13)8-4-2-7(3-5-8)9(15)16/h2-5H,6H2,1H3,(H,15,16). The van der Waals surface area contributed by atoms with Gasteiger partial charge in [0, 0.05) is 12.7 Å². The molecule has 0 bridgehead atoms. The van der Waals surface area contributed by atoms with E-state index in [1.165, 1.54) is 31.3 Å². The highest BCUT2D eigenvalue weighted by molar-refractivity contribution is 5.88. The van der Waals surface area contributed by atoms with Gasteiger partial charge in [-0.15, -0.1) is 0 Å². The van der Waals surface area contributed by atoms with Gasteiger partial charge in [0.05, 0.1) is 5.56 Å². The Kier molecular flexibility index (Phi) is 3.41. The van der Waals surface area contributed by atoms with Gasteiger partial charge < -0.3 is 10.0 Å². The Morgan fingerprint density at radius 3 is 2.19 bits per heavy atom. The summed E-state index contributed by atoms with van der Waals surface area (Å²) in [6.07, 6.45) is -4.28. The second-order valence-corrected chi connectivity index (χ2v) is 3.32. The lowest BCUT2D eigenvalue weighted by Gasteiger charge is -2.20. The summed E-state index contributed by atoms with van der Waals surface area (Å²) in [4.78, 5) is 11.5. The molecule has 0 aliphatic rings. The van der Waals surface area contributed by atoms with Crippen molar-refractivity contribution in [2.24, 2.45) is 0 Å². The zero-order chi connectivity index (χ0) is 12.3. The molecule has 0 spiro atoms. The molecular formula is C10H10F3NO2. The second kappa shape index (κ2) is 4.42. The maximum Gasteiger partial charge on any atom is 0.405 e. The molecule has 0 saturated carbocycles. The normalized spacial score (nSPS) is 11.2. The number of benzene rings is 1. The minimum Gasteiger partial charge on any atom is -0.478 e. The summed E-state index contributed by atoms with van der Waals surface area (Å²) >= 11 is 0. The van der Waals surface area contributed by atoms with Gasteiger partial charge in [0.2, 0.25) is 0 Å². The van der Waals surface area contributed by atoms with Crippen LogP contribution in [-0.4, -0.2) is 30.8 Å². The lowest BCUT2D eigenvalue weighted by atomic mass is 10.2. The first-order chi connectivity index (χ1) is 7.29. The SMILES string of the molecule is CN(CC(F)(F)F)c1ccc(C(=O)O)cc1. The Morgan fingerprint density at radius 1 is 1.31 bits per heavy atom. The number of nitrogens with zero attached hydrogens (tertiary/aromatic N) is 1. The Bertz CT molecular complexity index is 373. The molecule has 0 aliphatic heterocycles. The highest BCUT2D eigenvalue weighted by Crippen LogP contribution is 2.20. The fourth-order valence-corrected chi connectivity index (χ4v) is 1.22. The van der Waals surface area contributed by atoms with Gasteiger partial charge in [-0.25, -0.2) is 4.79 Å². The van der Waals surface area contributed by atoms with Crippen molar-refractivity contribution in [1.82, 2.24) is 0 Å². The summed E-state index contributed by atoms with van der Waals surface area (Å²) in [6.45, 7) is -1.07. The lowest BCUT2D eigenvalue weighted by molar-refractivity contribution is -0.119. The van der Waals surface area contributed by atoms with Crippen molar-refractivity contribution >= 4 is 11.7 Å². The van der Waals surface area contributed by atoms with Gasteiger partial charge >= 0.3 is 12.1 Å². The van der Waals surface area contributed by atoms with Gasteiger partial charge in [-0.1, -0.05) is 0 Å². The second-order valence-electron chi connectivity index (χ2n) is 3.32. The number of hydrogen-bond acceptors (Lipinski definition) is 2. The van der Waals surface area contributed by atoms with Crippen LogP contribution in [-0.2, 0) is 0 Å². The molecule has 0 aromatic heterocycles. The summed E-state index contributed by atoms with van der Waals surface area (Å²) in [7, 11) is 1.29. The van der Waals surface area contributed by atoms with E-state index in [4.69, 9.17) is 5.11 Å². The summed E-state index contributed by atoms with van der Waals surface area (Å²) < 4.78 is 36.2. The summed E-state index contributed by atoms with van der Waals surface area (Å²) in [5.41, 5.74) is 0.367. The Balaban J connectivity index is 2.78. The van der Waals surface area contributed by atoms with Crippen LogP contribution in [0.15, 0.2) is 24.3 Å². The van der Waals surface area contributed by atoms with E-state index in [-0.39, 0.29) is 5.56 Å². The number of rotatable bonds is 3. The average molecular weight is 233 g/mol. The molecule has 0 fully saturated rings. The fraction of sp³-hybridized carbons (Fsp3) is 0.300. The maximum atomic E-state index is 12.1. The van der Waals surface area contributed by atoms with Crippen molar-refractivity contribution in [2.45, 2.75) is 6.18 Å². The van der Waals surface area contributed by atoms with E-state index in [9.17, 15) is 18.0 Å². The zero-order valence-corrected chi connectivity index (χ0v) is 8.45. The molecule has 1 aromatic carbocycles. The van der Waals surface area contributed by atoms with Crippen molar-refractivity contribution in [1.29, 1.82) is 0 Å². The smallest absolute Gasteiger partial charge is 0.405 e. The molecule has 16 heavy (non-hydrogen) atoms. The molecule has 3 nitrogen and oxygen atoms in total. The first-order valence-electron chi connectivity index (χ1n) is 4.41. The molecule has 0 atom stereocenters. The van der Waals surface area contributed by atoms with Gasteiger partial charge in [0.1, 0.15) is 6.54 Å². The van der Waals surface area contributed by atoms with Gasteiger partial charge in [0.15, 0.2) is 0 Å². The minimum absolute atomic E-state index is 0.0455. The summed E-state index contributed by atoms with van der Waals surface area (Å²) in [5, 5.41) is 8.61. The Hall–Kier alpha value is -1.72. The third kappa shape index (κ3) is 3.45. The summed E-state index contributed by atoms with van der Waals surface area (Å²) in [5.74, 6) is -1.11. The Labute approximate surface area is 90.1 Å². The van der Waals surface area contributed by atoms with Crippen molar-refractivity contribution in [2.75, 3.05) is 18.5 Å². The number of carboxylic acid groups (broad SMARTS) is 1. The largest absolute Gasteiger partial charge is 0.478 e. The lowest BCUT2D eigenvalue weighted by Crippen LogP contribution is -2.30. The zero-order valence-electron chi connectivity index (χ0n) is 8.45. The molecule has 6 heteroatoms. The van der Waals surface area contributed by atoms with Crippen LogP contribution in [0.2, 0.25) is 0 Å². The minimum atomic E-state index is -4.28. The number of anilines is 1. The molecule has 0 aliphatic carbocycles. The Morgan fingerprint density at radius 2 is 1.81 bits per heavy atom. The number of aromatic carboxylic acids is 1. The number of alkyl halides is 3. The van der Waals surface area contributed by atoms with Gasteiger partial charge in [-0.2, -0.15) is 13.2 Å². The molecule has 88 valence electrons. The van der Waals surface area contributed by atoms with Gasteiger partial charge in [-0.3, -0.25) is 0 Å². The van der Waals surface area contributed by atoms with Crippen LogP contribution in [0.3, 0.4) is 0 Å². The van der Waals surface area contributed by atoms with Crippen LogP contribution in [0.1, 0.15) is 10.4 Å². The third-order valence-electron chi connectivity index (χ3n) is 1.97. The number of carboxylic acids is 1. The number of halogens is 3. The van der Waals surface area contributed by atoms with E-state index in [1.807, 2.05) is 0 Å². The molecule has 0 unspecified atom stereocenters. The van der Waals surface area contributed by atoms with E-state index in [0.717, 1.165) is 4.90 Å². The van der Waals surface area contributed by atoms with E-state index in [0.29, 0.717) is 5.69 Å². The van der Waals surface area contributed by atoms with Crippen LogP contribution >= 0.6 is 0 Å². The van der Waals surface area contributed by atoms with E-state index in [2.05, 4.69) is 0 Å². The quantitative estimate of drug-likeness (QED) is 0.871. The highest BCUT2D eigenvalue weighted by Gasteiger charge is 2.29. The van der Waals surface area contributed by atoms with Crippen LogP contribution in [0, 0.1) is 0 Å². The first-order valence-corrected chi connectivity index (χ1v) is 4.41. The molecular weight excluding hydrogens is 223 g/mol. The van der Waals surface area contributed by atoms with Crippen LogP contribution < -0.4 is 4.90 Å². The maximum absolute atomic E-state index is 12.1. The molecule has 0 radical (unpaired) electrons. The van der Waals surface area contributed by atoms with Gasteiger partial charge in [0.25, 0.3) is 0 Å². The molecule has 0 amide bonds. The summed E-state index contributed by atoms with van der Waals surface area (Å²) in [6, 6.07) is 5.22. The van der Waals surface area contributed by atoms with E-state index < -0.39 is 18.7 Å².